The van der Waals surface area contributed by atoms with E-state index in [-0.39, 0.29) is 5.91 Å². The van der Waals surface area contributed by atoms with Crippen molar-refractivity contribution in [2.45, 2.75) is 26.2 Å². The molecule has 2 rings (SSSR count). The van der Waals surface area contributed by atoms with Gasteiger partial charge in [-0.1, -0.05) is 12.2 Å². The molecule has 1 aliphatic rings. The van der Waals surface area contributed by atoms with E-state index in [4.69, 9.17) is 4.74 Å². The summed E-state index contributed by atoms with van der Waals surface area (Å²) in [7, 11) is 0. The van der Waals surface area contributed by atoms with Gasteiger partial charge in [0.05, 0.1) is 6.61 Å². The summed E-state index contributed by atoms with van der Waals surface area (Å²) in [6.45, 7) is 2.43. The van der Waals surface area contributed by atoms with Gasteiger partial charge in [-0.2, -0.15) is 0 Å². The minimum atomic E-state index is 0.0144. The standard InChI is InChI=1S/C14H18N2O2/c1-2-18-14-12(8-5-9-15-14)16-13(17)10-11-6-3-4-7-11/h3,5-6,8-9,11H,2,4,7,10H2,1H3,(H,16,17). The molecule has 4 nitrogen and oxygen atoms in total. The number of ether oxygens (including phenoxy) is 1. The van der Waals surface area contributed by atoms with Crippen LogP contribution in [0.5, 0.6) is 5.88 Å². The van der Waals surface area contributed by atoms with E-state index >= 15 is 0 Å². The number of nitrogens with one attached hydrogen (secondary N) is 1. The lowest BCUT2D eigenvalue weighted by molar-refractivity contribution is -0.116. The number of nitrogens with zero attached hydrogens (tertiary/aromatic N) is 1. The first-order valence-corrected chi connectivity index (χ1v) is 6.34. The van der Waals surface area contributed by atoms with E-state index in [9.17, 15) is 4.79 Å². The molecule has 1 amide bonds. The number of rotatable bonds is 5. The van der Waals surface area contributed by atoms with Gasteiger partial charge in [0.2, 0.25) is 11.8 Å². The molecule has 1 heterocycles. The first-order valence-electron chi connectivity index (χ1n) is 6.34. The van der Waals surface area contributed by atoms with E-state index < -0.39 is 0 Å². The zero-order valence-electron chi connectivity index (χ0n) is 10.6. The normalized spacial score (nSPS) is 17.7. The van der Waals surface area contributed by atoms with Crippen LogP contribution >= 0.6 is 0 Å². The van der Waals surface area contributed by atoms with E-state index in [1.807, 2.05) is 6.92 Å². The minimum Gasteiger partial charge on any atom is -0.476 e. The average Bonchev–Trinajstić information content (AvgIpc) is 2.84. The average molecular weight is 246 g/mol. The summed E-state index contributed by atoms with van der Waals surface area (Å²) in [6, 6.07) is 3.59. The van der Waals surface area contributed by atoms with Gasteiger partial charge in [-0.15, -0.1) is 0 Å². The maximum absolute atomic E-state index is 11.9. The molecule has 1 unspecified atom stereocenters. The number of pyridine rings is 1. The molecule has 1 aromatic rings. The number of carbonyl (C=O) groups excluding carboxylic acids is 1. The van der Waals surface area contributed by atoms with Gasteiger partial charge in [0.25, 0.3) is 0 Å². The van der Waals surface area contributed by atoms with Crippen LogP contribution in [0.25, 0.3) is 0 Å². The Morgan fingerprint density at radius 1 is 1.61 bits per heavy atom. The van der Waals surface area contributed by atoms with Crippen molar-refractivity contribution < 1.29 is 9.53 Å². The van der Waals surface area contributed by atoms with Crippen molar-refractivity contribution in [2.24, 2.45) is 5.92 Å². The van der Waals surface area contributed by atoms with Crippen molar-refractivity contribution in [3.8, 4) is 5.88 Å². The highest BCUT2D eigenvalue weighted by atomic mass is 16.5. The molecule has 0 fully saturated rings. The Hall–Kier alpha value is -1.84. The first kappa shape index (κ1) is 12.6. The van der Waals surface area contributed by atoms with Crippen molar-refractivity contribution in [2.75, 3.05) is 11.9 Å². The zero-order chi connectivity index (χ0) is 12.8. The van der Waals surface area contributed by atoms with E-state index in [1.165, 1.54) is 0 Å². The second-order valence-electron chi connectivity index (χ2n) is 4.31. The predicted molar refractivity (Wildman–Crippen MR) is 70.5 cm³/mol. The lowest BCUT2D eigenvalue weighted by Crippen LogP contribution is -2.15. The molecular formula is C14H18N2O2. The van der Waals surface area contributed by atoms with Gasteiger partial charge in [0.15, 0.2) is 0 Å². The maximum Gasteiger partial charge on any atom is 0.237 e. The van der Waals surface area contributed by atoms with Gasteiger partial charge in [0, 0.05) is 12.6 Å². The summed E-state index contributed by atoms with van der Waals surface area (Å²) in [6.07, 6.45) is 8.57. The Morgan fingerprint density at radius 2 is 2.50 bits per heavy atom. The second-order valence-corrected chi connectivity index (χ2v) is 4.31. The van der Waals surface area contributed by atoms with Crippen molar-refractivity contribution in [3.63, 3.8) is 0 Å². The highest BCUT2D eigenvalue weighted by Gasteiger charge is 2.15. The van der Waals surface area contributed by atoms with Crippen LogP contribution in [0.15, 0.2) is 30.5 Å². The van der Waals surface area contributed by atoms with Crippen LogP contribution in [0.1, 0.15) is 26.2 Å². The van der Waals surface area contributed by atoms with Gasteiger partial charge >= 0.3 is 0 Å². The third-order valence-corrected chi connectivity index (χ3v) is 2.89. The van der Waals surface area contributed by atoms with Crippen LogP contribution in [0.4, 0.5) is 5.69 Å². The maximum atomic E-state index is 11.9. The van der Waals surface area contributed by atoms with E-state index in [1.54, 1.807) is 18.3 Å². The van der Waals surface area contributed by atoms with Crippen LogP contribution in [0, 0.1) is 5.92 Å². The second kappa shape index (κ2) is 6.19. The molecule has 0 saturated heterocycles. The molecule has 0 saturated carbocycles. The van der Waals surface area contributed by atoms with Gasteiger partial charge in [-0.05, 0) is 37.8 Å². The number of anilines is 1. The van der Waals surface area contributed by atoms with Crippen molar-refractivity contribution >= 4 is 11.6 Å². The molecular weight excluding hydrogens is 228 g/mol. The van der Waals surface area contributed by atoms with Crippen molar-refractivity contribution in [1.29, 1.82) is 0 Å². The predicted octanol–water partition coefficient (Wildman–Crippen LogP) is 2.78. The largest absolute Gasteiger partial charge is 0.476 e. The fourth-order valence-corrected chi connectivity index (χ4v) is 2.04. The number of carbonyl (C=O) groups is 1. The van der Waals surface area contributed by atoms with Crippen LogP contribution < -0.4 is 10.1 Å². The van der Waals surface area contributed by atoms with Gasteiger partial charge in [-0.3, -0.25) is 4.79 Å². The molecule has 0 radical (unpaired) electrons. The molecule has 1 aliphatic carbocycles. The van der Waals surface area contributed by atoms with E-state index in [0.717, 1.165) is 12.8 Å². The highest BCUT2D eigenvalue weighted by Crippen LogP contribution is 2.23. The smallest absolute Gasteiger partial charge is 0.237 e. The first-order chi connectivity index (χ1) is 8.79. The fourth-order valence-electron chi connectivity index (χ4n) is 2.04. The monoisotopic (exact) mass is 246 g/mol. The molecule has 0 spiro atoms. The third kappa shape index (κ3) is 3.32. The summed E-state index contributed by atoms with van der Waals surface area (Å²) in [5.74, 6) is 0.869. The minimum absolute atomic E-state index is 0.0144. The molecule has 0 bridgehead atoms. The summed E-state index contributed by atoms with van der Waals surface area (Å²) < 4.78 is 5.37. The fraction of sp³-hybridized carbons (Fsp3) is 0.429. The van der Waals surface area contributed by atoms with Crippen molar-refractivity contribution in [3.05, 3.63) is 30.5 Å². The Balaban J connectivity index is 1.95. The third-order valence-electron chi connectivity index (χ3n) is 2.89. The Bertz CT molecular complexity index is 443. The molecule has 1 atom stereocenters. The Kier molecular flexibility index (Phi) is 4.34. The van der Waals surface area contributed by atoms with E-state index in [2.05, 4.69) is 22.5 Å². The molecule has 1 N–H and O–H groups in total. The summed E-state index contributed by atoms with van der Waals surface area (Å²) in [5, 5.41) is 2.86. The van der Waals surface area contributed by atoms with Crippen LogP contribution in [-0.4, -0.2) is 17.5 Å². The van der Waals surface area contributed by atoms with Crippen LogP contribution in [0.2, 0.25) is 0 Å². The number of aromatic nitrogens is 1. The Morgan fingerprint density at radius 3 is 3.22 bits per heavy atom. The number of amides is 1. The molecule has 0 aliphatic heterocycles. The molecule has 4 heteroatoms. The van der Waals surface area contributed by atoms with Gasteiger partial charge in [-0.25, -0.2) is 4.98 Å². The van der Waals surface area contributed by atoms with Crippen LogP contribution in [-0.2, 0) is 4.79 Å². The van der Waals surface area contributed by atoms with E-state index in [0.29, 0.717) is 30.5 Å². The zero-order valence-corrected chi connectivity index (χ0v) is 10.6. The molecule has 96 valence electrons. The number of hydrogen-bond acceptors (Lipinski definition) is 3. The van der Waals surface area contributed by atoms with Gasteiger partial charge in [0.1, 0.15) is 5.69 Å². The quantitative estimate of drug-likeness (QED) is 0.813. The Labute approximate surface area is 107 Å². The summed E-state index contributed by atoms with van der Waals surface area (Å²) in [5.41, 5.74) is 0.645. The topological polar surface area (TPSA) is 51.2 Å². The number of hydrogen-bond donors (Lipinski definition) is 1. The lowest BCUT2D eigenvalue weighted by atomic mass is 10.1. The van der Waals surface area contributed by atoms with Gasteiger partial charge < -0.3 is 10.1 Å². The molecule has 18 heavy (non-hydrogen) atoms. The van der Waals surface area contributed by atoms with Crippen LogP contribution in [0.3, 0.4) is 0 Å². The SMILES string of the molecule is CCOc1ncccc1NC(=O)CC1C=CCC1. The highest BCUT2D eigenvalue weighted by molar-refractivity contribution is 5.92. The molecule has 0 aromatic carbocycles. The lowest BCUT2D eigenvalue weighted by Gasteiger charge is -2.11. The summed E-state index contributed by atoms with van der Waals surface area (Å²) in [4.78, 5) is 16.0. The summed E-state index contributed by atoms with van der Waals surface area (Å²) >= 11 is 0. The van der Waals surface area contributed by atoms with Crippen molar-refractivity contribution in [1.82, 2.24) is 4.98 Å². The number of allylic oxidation sites excluding steroid dienone is 2. The molecule has 1 aromatic heterocycles.